The third-order valence-electron chi connectivity index (χ3n) is 3.63. The van der Waals surface area contributed by atoms with Crippen molar-refractivity contribution in [3.05, 3.63) is 47.9 Å². The van der Waals surface area contributed by atoms with Crippen molar-refractivity contribution >= 4 is 30.4 Å². The van der Waals surface area contributed by atoms with E-state index in [0.29, 0.717) is 5.69 Å². The van der Waals surface area contributed by atoms with Crippen LogP contribution >= 0.6 is 0 Å². The van der Waals surface area contributed by atoms with Crippen molar-refractivity contribution in [2.75, 3.05) is 17.4 Å². The highest BCUT2D eigenvalue weighted by atomic mass is 19.1. The van der Waals surface area contributed by atoms with Gasteiger partial charge < -0.3 is 10.8 Å². The van der Waals surface area contributed by atoms with Gasteiger partial charge in [-0.05, 0) is 24.6 Å². The number of nitrogens with one attached hydrogen (secondary N) is 2. The van der Waals surface area contributed by atoms with E-state index in [1.165, 1.54) is 17.3 Å². The Morgan fingerprint density at radius 2 is 2.07 bits per heavy atom. The summed E-state index contributed by atoms with van der Waals surface area (Å²) in [7, 11) is 0. The molecule has 0 aliphatic carbocycles. The van der Waals surface area contributed by atoms with Crippen LogP contribution in [0.4, 0.5) is 15.9 Å². The standard InChI is InChI=1S/C17H22FN9O/c1-12(25-27(10-18)21-2)24-17(15-16(20)23-8-7-22-15)26(11-19)14-5-3-13(9-28)4-6-14/h3-8,11-12,19,25,28H,2,9-10H2,1H3,(H2,20,23)/b19-11?,24-17-/t12-/m0/s1. The Bertz CT molecular complexity index is 828. The van der Waals surface area contributed by atoms with E-state index in [9.17, 15) is 9.50 Å². The smallest absolute Gasteiger partial charge is 0.193 e. The summed E-state index contributed by atoms with van der Waals surface area (Å²) in [5.41, 5.74) is 10.2. The lowest BCUT2D eigenvalue weighted by atomic mass is 10.2. The van der Waals surface area contributed by atoms with E-state index >= 15 is 0 Å². The molecule has 0 aliphatic rings. The Hall–Kier alpha value is -3.44. The van der Waals surface area contributed by atoms with E-state index in [-0.39, 0.29) is 24.0 Å². The fraction of sp³-hybridized carbons (Fsp3) is 0.235. The molecule has 1 atom stereocenters. The topological polar surface area (TPSA) is 139 Å². The van der Waals surface area contributed by atoms with Gasteiger partial charge in [-0.1, -0.05) is 12.1 Å². The second-order valence-corrected chi connectivity index (χ2v) is 5.53. The molecule has 11 heteroatoms. The summed E-state index contributed by atoms with van der Waals surface area (Å²) in [6.45, 7) is 3.93. The van der Waals surface area contributed by atoms with E-state index < -0.39 is 13.0 Å². The van der Waals surface area contributed by atoms with Crippen molar-refractivity contribution < 1.29 is 9.50 Å². The number of aliphatic hydroxyl groups excluding tert-OH is 1. The first kappa shape index (κ1) is 20.9. The maximum Gasteiger partial charge on any atom is 0.193 e. The predicted molar refractivity (Wildman–Crippen MR) is 107 cm³/mol. The number of anilines is 2. The minimum absolute atomic E-state index is 0.0997. The van der Waals surface area contributed by atoms with Crippen molar-refractivity contribution in [1.82, 2.24) is 20.5 Å². The van der Waals surface area contributed by atoms with Crippen LogP contribution in [0.25, 0.3) is 0 Å². The fourth-order valence-electron chi connectivity index (χ4n) is 2.32. The number of nitrogens with zero attached hydrogens (tertiary/aromatic N) is 6. The number of amidine groups is 1. The Labute approximate surface area is 161 Å². The van der Waals surface area contributed by atoms with Gasteiger partial charge in [0.15, 0.2) is 18.5 Å². The number of hydrazone groups is 1. The van der Waals surface area contributed by atoms with Crippen molar-refractivity contribution in [3.63, 3.8) is 0 Å². The molecule has 1 heterocycles. The van der Waals surface area contributed by atoms with Crippen molar-refractivity contribution in [1.29, 1.82) is 5.41 Å². The zero-order valence-electron chi connectivity index (χ0n) is 15.3. The number of aliphatic hydroxyl groups is 1. The van der Waals surface area contributed by atoms with Gasteiger partial charge in [0, 0.05) is 24.8 Å². The van der Waals surface area contributed by atoms with Gasteiger partial charge in [0.2, 0.25) is 0 Å². The van der Waals surface area contributed by atoms with Crippen molar-refractivity contribution in [2.45, 2.75) is 19.7 Å². The molecule has 0 saturated carbocycles. The molecular formula is C17H22FN9O. The number of rotatable bonds is 9. The molecule has 0 fully saturated rings. The molecule has 0 amide bonds. The van der Waals surface area contributed by atoms with E-state index in [1.807, 2.05) is 0 Å². The lowest BCUT2D eigenvalue weighted by Crippen LogP contribution is -2.41. The maximum absolute atomic E-state index is 12.9. The summed E-state index contributed by atoms with van der Waals surface area (Å²) in [6, 6.07) is 6.88. The average Bonchev–Trinajstić information content (AvgIpc) is 2.72. The number of hydrazine groups is 1. The van der Waals surface area contributed by atoms with Gasteiger partial charge in [-0.3, -0.25) is 10.3 Å². The number of halogens is 1. The van der Waals surface area contributed by atoms with Crippen LogP contribution < -0.4 is 16.1 Å². The summed E-state index contributed by atoms with van der Waals surface area (Å²) in [5.74, 6) is 0.344. The highest BCUT2D eigenvalue weighted by Crippen LogP contribution is 2.19. The molecule has 2 aromatic rings. The molecule has 148 valence electrons. The molecular weight excluding hydrogens is 365 g/mol. The van der Waals surface area contributed by atoms with Crippen LogP contribution in [0.15, 0.2) is 46.8 Å². The first-order valence-electron chi connectivity index (χ1n) is 8.24. The molecule has 10 nitrogen and oxygen atoms in total. The molecule has 0 spiro atoms. The zero-order chi connectivity index (χ0) is 20.5. The monoisotopic (exact) mass is 387 g/mol. The highest BCUT2D eigenvalue weighted by molar-refractivity contribution is 6.19. The van der Waals surface area contributed by atoms with Crippen LogP contribution in [-0.2, 0) is 6.61 Å². The fourth-order valence-corrected chi connectivity index (χ4v) is 2.32. The van der Waals surface area contributed by atoms with Crippen LogP contribution in [0.2, 0.25) is 0 Å². The minimum Gasteiger partial charge on any atom is -0.392 e. The highest BCUT2D eigenvalue weighted by Gasteiger charge is 2.20. The molecule has 1 aromatic carbocycles. The Balaban J connectivity index is 2.49. The maximum atomic E-state index is 12.9. The van der Waals surface area contributed by atoms with Crippen LogP contribution in [0.1, 0.15) is 18.2 Å². The van der Waals surface area contributed by atoms with Crippen molar-refractivity contribution in [2.24, 2.45) is 10.1 Å². The third-order valence-corrected chi connectivity index (χ3v) is 3.63. The SMILES string of the molecule is C=NN(CF)N[C@@H](C)/N=C(/c1nccnc1N)N(C=N)c1ccc(CO)cc1. The van der Waals surface area contributed by atoms with Crippen LogP contribution in [0, 0.1) is 5.41 Å². The summed E-state index contributed by atoms with van der Waals surface area (Å²) >= 11 is 0. The lowest BCUT2D eigenvalue weighted by Gasteiger charge is -2.24. The molecule has 1 aromatic heterocycles. The van der Waals surface area contributed by atoms with E-state index in [4.69, 9.17) is 11.1 Å². The summed E-state index contributed by atoms with van der Waals surface area (Å²) in [5, 5.41) is 21.5. The van der Waals surface area contributed by atoms with Gasteiger partial charge in [-0.15, -0.1) is 0 Å². The van der Waals surface area contributed by atoms with E-state index in [1.54, 1.807) is 31.2 Å². The summed E-state index contributed by atoms with van der Waals surface area (Å²) < 4.78 is 12.9. The molecule has 2 rings (SSSR count). The summed E-state index contributed by atoms with van der Waals surface area (Å²) in [6.07, 6.45) is 3.29. The number of aromatic nitrogens is 2. The normalized spacial score (nSPS) is 12.3. The zero-order valence-corrected chi connectivity index (χ0v) is 15.3. The predicted octanol–water partition coefficient (Wildman–Crippen LogP) is 1.11. The third kappa shape index (κ3) is 5.05. The minimum atomic E-state index is -0.900. The number of hydrogen-bond donors (Lipinski definition) is 4. The molecule has 0 unspecified atom stereocenters. The molecule has 5 N–H and O–H groups in total. The average molecular weight is 387 g/mol. The molecule has 0 saturated heterocycles. The van der Waals surface area contributed by atoms with Gasteiger partial charge >= 0.3 is 0 Å². The Morgan fingerprint density at radius 3 is 2.61 bits per heavy atom. The summed E-state index contributed by atoms with van der Waals surface area (Å²) in [4.78, 5) is 14.2. The van der Waals surface area contributed by atoms with Gasteiger partial charge in [-0.25, -0.2) is 19.4 Å². The van der Waals surface area contributed by atoms with E-state index in [0.717, 1.165) is 17.0 Å². The van der Waals surface area contributed by atoms with Crippen LogP contribution in [0.3, 0.4) is 0 Å². The number of nitrogens with two attached hydrogens (primary N) is 1. The van der Waals surface area contributed by atoms with Gasteiger partial charge in [-0.2, -0.15) is 15.6 Å². The van der Waals surface area contributed by atoms with Crippen LogP contribution in [-0.4, -0.2) is 52.0 Å². The second-order valence-electron chi connectivity index (χ2n) is 5.53. The van der Waals surface area contributed by atoms with Gasteiger partial charge in [0.25, 0.3) is 0 Å². The van der Waals surface area contributed by atoms with Gasteiger partial charge in [0.1, 0.15) is 11.9 Å². The molecule has 28 heavy (non-hydrogen) atoms. The van der Waals surface area contributed by atoms with Gasteiger partial charge in [0.05, 0.1) is 12.9 Å². The van der Waals surface area contributed by atoms with Crippen LogP contribution in [0.5, 0.6) is 0 Å². The number of nitrogen functional groups attached to an aromatic ring is 1. The molecule has 0 radical (unpaired) electrons. The first-order valence-corrected chi connectivity index (χ1v) is 8.24. The lowest BCUT2D eigenvalue weighted by molar-refractivity contribution is 0.110. The number of benzene rings is 1. The second kappa shape index (κ2) is 10.0. The largest absolute Gasteiger partial charge is 0.392 e. The number of hydrogen-bond acceptors (Lipinski definition) is 9. The molecule has 0 aliphatic heterocycles. The van der Waals surface area contributed by atoms with E-state index in [2.05, 4.69) is 32.2 Å². The first-order chi connectivity index (χ1) is 13.5. The Kier molecular flexibility index (Phi) is 7.48. The molecule has 0 bridgehead atoms. The number of alkyl halides is 1. The quantitative estimate of drug-likeness (QED) is 0.219. The van der Waals surface area contributed by atoms with Crippen molar-refractivity contribution in [3.8, 4) is 0 Å². The number of aliphatic imine (C=N–C) groups is 1. The Morgan fingerprint density at radius 1 is 1.39 bits per heavy atom.